The molecular formula is C71H120NO8P. The molecule has 0 aliphatic carbocycles. The van der Waals surface area contributed by atoms with Gasteiger partial charge in [0.05, 0.1) is 13.2 Å². The second kappa shape index (κ2) is 65.3. The molecule has 2 atom stereocenters. The van der Waals surface area contributed by atoms with Crippen molar-refractivity contribution < 1.29 is 37.6 Å². The summed E-state index contributed by atoms with van der Waals surface area (Å²) >= 11 is 0. The summed E-state index contributed by atoms with van der Waals surface area (Å²) in [6.45, 7) is 3.52. The van der Waals surface area contributed by atoms with Gasteiger partial charge in [0.1, 0.15) is 6.61 Å². The minimum absolute atomic E-state index is 0.0476. The Labute approximate surface area is 497 Å². The topological polar surface area (TPSA) is 134 Å². The van der Waals surface area contributed by atoms with Crippen molar-refractivity contribution in [3.8, 4) is 0 Å². The predicted octanol–water partition coefficient (Wildman–Crippen LogP) is 21.3. The Morgan fingerprint density at radius 1 is 0.370 bits per heavy atom. The van der Waals surface area contributed by atoms with E-state index in [1.807, 2.05) is 0 Å². The number of ether oxygens (including phenoxy) is 2. The summed E-state index contributed by atoms with van der Waals surface area (Å²) in [6, 6.07) is 0. The summed E-state index contributed by atoms with van der Waals surface area (Å²) in [5, 5.41) is 0. The summed E-state index contributed by atoms with van der Waals surface area (Å²) in [5.41, 5.74) is 5.40. The average molecular weight is 1150 g/mol. The maximum absolute atomic E-state index is 12.8. The van der Waals surface area contributed by atoms with Crippen LogP contribution in [0.5, 0.6) is 0 Å². The Kier molecular flexibility index (Phi) is 62.2. The molecule has 0 radical (unpaired) electrons. The minimum atomic E-state index is -4.40. The predicted molar refractivity (Wildman–Crippen MR) is 348 cm³/mol. The first-order valence-corrected chi connectivity index (χ1v) is 34.2. The Bertz CT molecular complexity index is 1790. The number of hydrogen-bond acceptors (Lipinski definition) is 8. The van der Waals surface area contributed by atoms with Crippen LogP contribution in [0.2, 0.25) is 0 Å². The molecule has 0 fully saturated rings. The monoisotopic (exact) mass is 1150 g/mol. The number of carbonyl (C=O) groups is 2. The zero-order valence-corrected chi connectivity index (χ0v) is 52.6. The highest BCUT2D eigenvalue weighted by Crippen LogP contribution is 2.43. The second-order valence-corrected chi connectivity index (χ2v) is 22.7. The van der Waals surface area contributed by atoms with Crippen LogP contribution in [0.4, 0.5) is 0 Å². The van der Waals surface area contributed by atoms with Crippen LogP contribution in [-0.4, -0.2) is 49.3 Å². The molecular weight excluding hydrogens is 1030 g/mol. The molecule has 462 valence electrons. The quantitative estimate of drug-likeness (QED) is 0.0264. The molecule has 3 N–H and O–H groups in total. The fourth-order valence-corrected chi connectivity index (χ4v) is 9.55. The number of carbonyl (C=O) groups excluding carboxylic acids is 2. The fraction of sp³-hybridized carbons (Fsp3) is 0.662. The van der Waals surface area contributed by atoms with E-state index in [2.05, 4.69) is 148 Å². The molecule has 0 spiro atoms. The molecule has 0 aromatic carbocycles. The lowest BCUT2D eigenvalue weighted by molar-refractivity contribution is -0.161. The third-order valence-corrected chi connectivity index (χ3v) is 14.5. The lowest BCUT2D eigenvalue weighted by Crippen LogP contribution is -2.29. The van der Waals surface area contributed by atoms with Gasteiger partial charge in [0.25, 0.3) is 0 Å². The van der Waals surface area contributed by atoms with Crippen molar-refractivity contribution in [3.05, 3.63) is 134 Å². The standard InChI is InChI=1S/C71H120NO8P/c1-3-5-7-9-11-13-15-17-19-21-23-25-27-29-31-32-33-34-35-36-38-40-42-44-46-48-50-52-54-56-58-60-62-64-71(74)80-69(68-79-81(75,76)78-66-65-72)67-77-70(73)63-61-59-57-55-53-51-49-47-45-43-41-39-37-30-28-26-24-22-20-18-16-14-12-10-8-6-4-2/h5-8,11-14,17-20,23-26,29-31,33-34,37,69H,3-4,9-10,15-16,21-22,27-28,32,35-36,38-68,72H2,1-2H3,(H,75,76)/b7-5-,8-6-,13-11-,14-12-,19-17-,20-18-,25-23-,26-24-,31-29-,34-33-,37-30-. The lowest BCUT2D eigenvalue weighted by atomic mass is 10.0. The molecule has 0 heterocycles. The largest absolute Gasteiger partial charge is 0.472 e. The van der Waals surface area contributed by atoms with Crippen molar-refractivity contribution in [2.75, 3.05) is 26.4 Å². The van der Waals surface area contributed by atoms with Crippen LogP contribution in [-0.2, 0) is 32.7 Å². The van der Waals surface area contributed by atoms with E-state index in [1.54, 1.807) is 0 Å². The van der Waals surface area contributed by atoms with E-state index in [0.29, 0.717) is 6.42 Å². The number of hydrogen-bond donors (Lipinski definition) is 2. The van der Waals surface area contributed by atoms with Crippen LogP contribution in [0.25, 0.3) is 0 Å². The molecule has 0 aromatic heterocycles. The maximum Gasteiger partial charge on any atom is 0.472 e. The SMILES string of the molecule is CC/C=C\C/C=C\C/C=C\C/C=C\C/C=C\C/C=C\CCCCCCCCCCCCCCCCC(=O)OC(COC(=O)CCCCCCCCCCCCC/C=C\C/C=C\C/C=C\C/C=C\C/C=C\CC)COP(=O)(O)OCCN. The van der Waals surface area contributed by atoms with Crippen LogP contribution >= 0.6 is 7.82 Å². The van der Waals surface area contributed by atoms with E-state index < -0.39 is 26.5 Å². The highest BCUT2D eigenvalue weighted by atomic mass is 31.2. The Morgan fingerprint density at radius 2 is 0.642 bits per heavy atom. The summed E-state index contributed by atoms with van der Waals surface area (Å²) < 4.78 is 33.1. The molecule has 0 aliphatic rings. The highest BCUT2D eigenvalue weighted by Gasteiger charge is 2.26. The van der Waals surface area contributed by atoms with Crippen molar-refractivity contribution in [1.29, 1.82) is 0 Å². The molecule has 0 saturated heterocycles. The fourth-order valence-electron chi connectivity index (χ4n) is 8.79. The van der Waals surface area contributed by atoms with Gasteiger partial charge in [0, 0.05) is 19.4 Å². The Morgan fingerprint density at radius 3 is 0.951 bits per heavy atom. The number of phosphoric acid groups is 1. The molecule has 0 rings (SSSR count). The average Bonchev–Trinajstić information content (AvgIpc) is 3.46. The van der Waals surface area contributed by atoms with Crippen molar-refractivity contribution in [1.82, 2.24) is 0 Å². The summed E-state index contributed by atoms with van der Waals surface area (Å²) in [5.74, 6) is -0.833. The van der Waals surface area contributed by atoms with Gasteiger partial charge in [-0.05, 0) is 109 Å². The van der Waals surface area contributed by atoms with Gasteiger partial charge in [0.15, 0.2) is 6.10 Å². The molecule has 0 aliphatic heterocycles. The first-order chi connectivity index (χ1) is 39.8. The van der Waals surface area contributed by atoms with Gasteiger partial charge in [-0.25, -0.2) is 4.57 Å². The molecule has 0 amide bonds. The maximum atomic E-state index is 12.8. The van der Waals surface area contributed by atoms with E-state index >= 15 is 0 Å². The van der Waals surface area contributed by atoms with Gasteiger partial charge in [-0.3, -0.25) is 18.6 Å². The van der Waals surface area contributed by atoms with Gasteiger partial charge in [0.2, 0.25) is 0 Å². The van der Waals surface area contributed by atoms with E-state index in [1.165, 1.54) is 116 Å². The smallest absolute Gasteiger partial charge is 0.462 e. The van der Waals surface area contributed by atoms with Crippen LogP contribution in [0.15, 0.2) is 134 Å². The molecule has 81 heavy (non-hydrogen) atoms. The number of esters is 2. The van der Waals surface area contributed by atoms with E-state index in [-0.39, 0.29) is 38.6 Å². The van der Waals surface area contributed by atoms with Gasteiger partial charge < -0.3 is 20.1 Å². The Hall–Kier alpha value is -3.85. The van der Waals surface area contributed by atoms with E-state index in [0.717, 1.165) is 122 Å². The molecule has 0 saturated carbocycles. The van der Waals surface area contributed by atoms with Crippen molar-refractivity contribution >= 4 is 19.8 Å². The zero-order valence-electron chi connectivity index (χ0n) is 51.7. The number of rotatable bonds is 60. The highest BCUT2D eigenvalue weighted by molar-refractivity contribution is 7.47. The van der Waals surface area contributed by atoms with Crippen LogP contribution in [0.3, 0.4) is 0 Å². The molecule has 9 nitrogen and oxygen atoms in total. The number of allylic oxidation sites excluding steroid dienone is 22. The summed E-state index contributed by atoms with van der Waals surface area (Å²) in [6.07, 6.45) is 92.3. The molecule has 10 heteroatoms. The molecule has 2 unspecified atom stereocenters. The van der Waals surface area contributed by atoms with E-state index in [4.69, 9.17) is 24.3 Å². The van der Waals surface area contributed by atoms with Gasteiger partial charge >= 0.3 is 19.8 Å². The summed E-state index contributed by atoms with van der Waals surface area (Å²) in [4.78, 5) is 35.3. The lowest BCUT2D eigenvalue weighted by Gasteiger charge is -2.19. The number of nitrogens with two attached hydrogens (primary N) is 1. The van der Waals surface area contributed by atoms with Crippen LogP contribution < -0.4 is 5.73 Å². The normalized spacial score (nSPS) is 13.9. The first kappa shape index (κ1) is 77.2. The number of unbranched alkanes of at least 4 members (excludes halogenated alkanes) is 25. The third kappa shape index (κ3) is 65.2. The van der Waals surface area contributed by atoms with Crippen molar-refractivity contribution in [2.45, 2.75) is 277 Å². The first-order valence-electron chi connectivity index (χ1n) is 32.7. The van der Waals surface area contributed by atoms with Crippen LogP contribution in [0, 0.1) is 0 Å². The summed E-state index contributed by atoms with van der Waals surface area (Å²) in [7, 11) is -4.40. The number of phosphoric ester groups is 1. The third-order valence-electron chi connectivity index (χ3n) is 13.5. The molecule has 0 bridgehead atoms. The Balaban J connectivity index is 3.94. The van der Waals surface area contributed by atoms with E-state index in [9.17, 15) is 19.0 Å². The van der Waals surface area contributed by atoms with Gasteiger partial charge in [-0.15, -0.1) is 0 Å². The van der Waals surface area contributed by atoms with Crippen molar-refractivity contribution in [3.63, 3.8) is 0 Å². The second-order valence-electron chi connectivity index (χ2n) is 21.2. The van der Waals surface area contributed by atoms with Crippen LogP contribution in [0.1, 0.15) is 271 Å². The van der Waals surface area contributed by atoms with Gasteiger partial charge in [-0.2, -0.15) is 0 Å². The molecule has 0 aromatic rings. The van der Waals surface area contributed by atoms with Gasteiger partial charge in [-0.1, -0.05) is 282 Å². The zero-order chi connectivity index (χ0) is 58.7. The minimum Gasteiger partial charge on any atom is -0.462 e. The van der Waals surface area contributed by atoms with Crippen molar-refractivity contribution in [2.24, 2.45) is 5.73 Å².